The third-order valence-electron chi connectivity index (χ3n) is 1.01. The van der Waals surface area contributed by atoms with E-state index in [1.54, 1.807) is 0 Å². The van der Waals surface area contributed by atoms with E-state index in [4.69, 9.17) is 0 Å². The van der Waals surface area contributed by atoms with Crippen molar-refractivity contribution >= 4 is 12.6 Å². The lowest BCUT2D eigenvalue weighted by molar-refractivity contribution is 1.20. The summed E-state index contributed by atoms with van der Waals surface area (Å²) in [5.74, 6) is 0.828. The summed E-state index contributed by atoms with van der Waals surface area (Å²) in [5, 5.41) is 0. The molecule has 0 aromatic heterocycles. The molecule has 0 aromatic rings. The number of hydrogen-bond acceptors (Lipinski definition) is 1. The van der Waals surface area contributed by atoms with Crippen molar-refractivity contribution in [1.82, 2.24) is 0 Å². The molecule has 0 aliphatic carbocycles. The van der Waals surface area contributed by atoms with Gasteiger partial charge in [-0.3, -0.25) is 0 Å². The van der Waals surface area contributed by atoms with Gasteiger partial charge in [-0.15, -0.1) is 0 Å². The van der Waals surface area contributed by atoms with Crippen LogP contribution in [0.3, 0.4) is 0 Å². The molecule has 0 N–H and O–H groups in total. The molecule has 0 unspecified atom stereocenters. The van der Waals surface area contributed by atoms with Crippen molar-refractivity contribution in [2.24, 2.45) is 0 Å². The van der Waals surface area contributed by atoms with Crippen molar-refractivity contribution in [3.63, 3.8) is 0 Å². The van der Waals surface area contributed by atoms with Crippen LogP contribution in [0.15, 0.2) is 23.8 Å². The highest BCUT2D eigenvalue weighted by atomic mass is 32.1. The van der Waals surface area contributed by atoms with E-state index in [1.807, 2.05) is 19.9 Å². The van der Waals surface area contributed by atoms with E-state index in [0.717, 1.165) is 12.2 Å². The minimum Gasteiger partial charge on any atom is -0.175 e. The normalized spacial score (nSPS) is 11.2. The van der Waals surface area contributed by atoms with Crippen LogP contribution in [0, 0.1) is 0 Å². The second-order valence-electron chi connectivity index (χ2n) is 1.94. The zero-order valence-corrected chi connectivity index (χ0v) is 8.99. The monoisotopic (exact) mass is 172 g/mol. The van der Waals surface area contributed by atoms with E-state index in [2.05, 4.69) is 38.6 Å². The van der Waals surface area contributed by atoms with Crippen LogP contribution < -0.4 is 0 Å². The molecule has 0 saturated carbocycles. The Morgan fingerprint density at radius 1 is 1.36 bits per heavy atom. The van der Waals surface area contributed by atoms with Gasteiger partial charge in [0.1, 0.15) is 0 Å². The molecule has 0 amide bonds. The quantitative estimate of drug-likeness (QED) is 0.485. The predicted octanol–water partition coefficient (Wildman–Crippen LogP) is 3.85. The molecule has 11 heavy (non-hydrogen) atoms. The molecule has 0 saturated heterocycles. The molecule has 0 radical (unpaired) electrons. The Balaban J connectivity index is 0. The first kappa shape index (κ1) is 13.4. The zero-order valence-electron chi connectivity index (χ0n) is 8.09. The average Bonchev–Trinajstić information content (AvgIpc) is 2.05. The summed E-state index contributed by atoms with van der Waals surface area (Å²) in [6.45, 7) is 8.24. The lowest BCUT2D eigenvalue weighted by atomic mass is 10.2. The van der Waals surface area contributed by atoms with Crippen LogP contribution in [0.4, 0.5) is 0 Å². The summed E-state index contributed by atoms with van der Waals surface area (Å²) < 4.78 is 0. The molecule has 0 fully saturated rings. The minimum atomic E-state index is 0.828. The Morgan fingerprint density at radius 3 is 2.27 bits per heavy atom. The van der Waals surface area contributed by atoms with E-state index < -0.39 is 0 Å². The maximum Gasteiger partial charge on any atom is 0.00857 e. The molecular weight excluding hydrogens is 152 g/mol. The molecule has 66 valence electrons. The van der Waals surface area contributed by atoms with Gasteiger partial charge in [-0.2, -0.15) is 12.6 Å². The molecule has 0 spiro atoms. The average molecular weight is 172 g/mol. The first-order chi connectivity index (χ1) is 5.31. The molecule has 0 atom stereocenters. The van der Waals surface area contributed by atoms with Crippen LogP contribution in [0.25, 0.3) is 0 Å². The highest BCUT2D eigenvalue weighted by Crippen LogP contribution is 1.96. The van der Waals surface area contributed by atoms with Gasteiger partial charge in [0.15, 0.2) is 0 Å². The lowest BCUT2D eigenvalue weighted by Gasteiger charge is -1.87. The second kappa shape index (κ2) is 12.5. The molecule has 0 aromatic carbocycles. The lowest BCUT2D eigenvalue weighted by Crippen LogP contribution is -1.67. The van der Waals surface area contributed by atoms with Gasteiger partial charge in [-0.25, -0.2) is 0 Å². The van der Waals surface area contributed by atoms with Gasteiger partial charge in [-0.05, 0) is 13.3 Å². The van der Waals surface area contributed by atoms with Gasteiger partial charge < -0.3 is 0 Å². The van der Waals surface area contributed by atoms with Gasteiger partial charge in [0.05, 0.1) is 0 Å². The van der Waals surface area contributed by atoms with Crippen LogP contribution >= 0.6 is 12.6 Å². The first-order valence-corrected chi connectivity index (χ1v) is 4.88. The fourth-order valence-electron chi connectivity index (χ4n) is 0.629. The summed E-state index contributed by atoms with van der Waals surface area (Å²) >= 11 is 4.05. The molecule has 1 heteroatoms. The Kier molecular flexibility index (Phi) is 15.3. The number of rotatable bonds is 3. The van der Waals surface area contributed by atoms with Gasteiger partial charge in [0.2, 0.25) is 0 Å². The molecular formula is C10H20S. The predicted molar refractivity (Wildman–Crippen MR) is 58.4 cm³/mol. The SMILES string of the molecule is CC.CC/C=C(C)\C=C/CS. The van der Waals surface area contributed by atoms with Crippen LogP contribution in [0.1, 0.15) is 34.1 Å². The van der Waals surface area contributed by atoms with Crippen molar-refractivity contribution in [3.05, 3.63) is 23.8 Å². The van der Waals surface area contributed by atoms with E-state index in [1.165, 1.54) is 5.57 Å². The molecule has 0 heterocycles. The van der Waals surface area contributed by atoms with Crippen molar-refractivity contribution < 1.29 is 0 Å². The fourth-order valence-corrected chi connectivity index (χ4v) is 0.734. The molecule has 0 aliphatic heterocycles. The maximum absolute atomic E-state index is 4.05. The van der Waals surface area contributed by atoms with Gasteiger partial charge in [-0.1, -0.05) is 44.6 Å². The highest BCUT2D eigenvalue weighted by molar-refractivity contribution is 7.80. The van der Waals surface area contributed by atoms with E-state index in [9.17, 15) is 0 Å². The Hall–Kier alpha value is -0.170. The van der Waals surface area contributed by atoms with Crippen molar-refractivity contribution in [3.8, 4) is 0 Å². The van der Waals surface area contributed by atoms with E-state index >= 15 is 0 Å². The van der Waals surface area contributed by atoms with Crippen LogP contribution in [0.2, 0.25) is 0 Å². The zero-order chi connectivity index (χ0) is 9.11. The molecule has 0 nitrogen and oxygen atoms in total. The summed E-state index contributed by atoms with van der Waals surface area (Å²) in [4.78, 5) is 0. The summed E-state index contributed by atoms with van der Waals surface area (Å²) in [5.41, 5.74) is 1.33. The second-order valence-corrected chi connectivity index (χ2v) is 2.31. The third-order valence-corrected chi connectivity index (χ3v) is 1.22. The number of thiol groups is 1. The fraction of sp³-hybridized carbons (Fsp3) is 0.600. The van der Waals surface area contributed by atoms with Crippen molar-refractivity contribution in [1.29, 1.82) is 0 Å². The van der Waals surface area contributed by atoms with Crippen LogP contribution in [-0.2, 0) is 0 Å². The van der Waals surface area contributed by atoms with Gasteiger partial charge in [0, 0.05) is 5.75 Å². The number of hydrogen-bond donors (Lipinski definition) is 1. The van der Waals surface area contributed by atoms with Gasteiger partial charge >= 0.3 is 0 Å². The topological polar surface area (TPSA) is 0 Å². The van der Waals surface area contributed by atoms with Crippen molar-refractivity contribution in [2.75, 3.05) is 5.75 Å². The summed E-state index contributed by atoms with van der Waals surface area (Å²) in [7, 11) is 0. The van der Waals surface area contributed by atoms with Crippen molar-refractivity contribution in [2.45, 2.75) is 34.1 Å². The summed E-state index contributed by atoms with van der Waals surface area (Å²) in [6.07, 6.45) is 7.45. The first-order valence-electron chi connectivity index (χ1n) is 4.25. The van der Waals surface area contributed by atoms with Gasteiger partial charge in [0.25, 0.3) is 0 Å². The minimum absolute atomic E-state index is 0.828. The Bertz CT molecular complexity index is 112. The Morgan fingerprint density at radius 2 is 1.91 bits per heavy atom. The molecule has 0 aliphatic rings. The largest absolute Gasteiger partial charge is 0.175 e. The third kappa shape index (κ3) is 12.9. The Labute approximate surface area is 76.8 Å². The maximum atomic E-state index is 4.05. The van der Waals surface area contributed by atoms with Crippen LogP contribution in [-0.4, -0.2) is 5.75 Å². The number of allylic oxidation sites excluding steroid dienone is 3. The smallest absolute Gasteiger partial charge is 0.00857 e. The van der Waals surface area contributed by atoms with E-state index in [0.29, 0.717) is 0 Å². The highest BCUT2D eigenvalue weighted by Gasteiger charge is 1.76. The van der Waals surface area contributed by atoms with E-state index in [-0.39, 0.29) is 0 Å². The molecule has 0 bridgehead atoms. The summed E-state index contributed by atoms with van der Waals surface area (Å²) in [6, 6.07) is 0. The standard InChI is InChI=1S/C8H14S.C2H6/c1-3-5-8(2)6-4-7-9;1-2/h4-6,9H,3,7H2,1-2H3;1-2H3/b6-4-,8-5-;. The molecule has 0 rings (SSSR count). The van der Waals surface area contributed by atoms with Crippen LogP contribution in [0.5, 0.6) is 0 Å².